The fourth-order valence-electron chi connectivity index (χ4n) is 1.97. The molecular weight excluding hydrogens is 284 g/mol. The van der Waals surface area contributed by atoms with Crippen LogP contribution in [0.5, 0.6) is 0 Å². The van der Waals surface area contributed by atoms with Crippen molar-refractivity contribution in [2.75, 3.05) is 0 Å². The van der Waals surface area contributed by atoms with Gasteiger partial charge in [-0.15, -0.1) is 0 Å². The summed E-state index contributed by atoms with van der Waals surface area (Å²) in [7, 11) is 0. The summed E-state index contributed by atoms with van der Waals surface area (Å²) in [5.41, 5.74) is 0. The summed E-state index contributed by atoms with van der Waals surface area (Å²) >= 11 is 0. The van der Waals surface area contributed by atoms with Gasteiger partial charge in [0.25, 0.3) is 6.47 Å². The molecule has 0 heterocycles. The van der Waals surface area contributed by atoms with E-state index < -0.39 is 36.2 Å². The van der Waals surface area contributed by atoms with Gasteiger partial charge < -0.3 is 18.9 Å². The average molecular weight is 300 g/mol. The zero-order valence-electron chi connectivity index (χ0n) is 11.9. The lowest BCUT2D eigenvalue weighted by molar-refractivity contribution is -0.181. The van der Waals surface area contributed by atoms with Gasteiger partial charge in [-0.05, 0) is 6.08 Å². The SMILES string of the molecule is CC(=O)OC1C=C(OC=O)CC(OC(C)=O)C1OC(C)=O. The number of carbonyl (C=O) groups excluding carboxylic acids is 4. The van der Waals surface area contributed by atoms with Crippen LogP contribution in [0.2, 0.25) is 0 Å². The summed E-state index contributed by atoms with van der Waals surface area (Å²) in [5, 5.41) is 0. The summed E-state index contributed by atoms with van der Waals surface area (Å²) in [4.78, 5) is 43.9. The summed E-state index contributed by atoms with van der Waals surface area (Å²) in [6, 6.07) is 0. The Bertz CT molecular complexity index is 467. The predicted molar refractivity (Wildman–Crippen MR) is 66.5 cm³/mol. The maximum absolute atomic E-state index is 11.2. The smallest absolute Gasteiger partial charge is 0.303 e. The Labute approximate surface area is 121 Å². The van der Waals surface area contributed by atoms with E-state index >= 15 is 0 Å². The molecule has 3 atom stereocenters. The number of esters is 3. The molecule has 1 aliphatic rings. The number of rotatable bonds is 5. The van der Waals surface area contributed by atoms with E-state index in [9.17, 15) is 19.2 Å². The molecule has 1 aliphatic carbocycles. The van der Waals surface area contributed by atoms with E-state index in [1.807, 2.05) is 0 Å². The van der Waals surface area contributed by atoms with Crippen LogP contribution in [0.25, 0.3) is 0 Å². The Morgan fingerprint density at radius 3 is 2.10 bits per heavy atom. The molecule has 0 N–H and O–H groups in total. The summed E-state index contributed by atoms with van der Waals surface area (Å²) < 4.78 is 19.8. The van der Waals surface area contributed by atoms with Crippen molar-refractivity contribution in [1.29, 1.82) is 0 Å². The van der Waals surface area contributed by atoms with Gasteiger partial charge in [0.05, 0.1) is 0 Å². The van der Waals surface area contributed by atoms with E-state index in [0.717, 1.165) is 0 Å². The third-order valence-electron chi connectivity index (χ3n) is 2.56. The van der Waals surface area contributed by atoms with Crippen molar-refractivity contribution in [3.05, 3.63) is 11.8 Å². The minimum atomic E-state index is -1.01. The highest BCUT2D eigenvalue weighted by Gasteiger charge is 2.40. The number of ether oxygens (including phenoxy) is 4. The molecule has 8 heteroatoms. The van der Waals surface area contributed by atoms with Gasteiger partial charge >= 0.3 is 17.9 Å². The van der Waals surface area contributed by atoms with Crippen molar-refractivity contribution in [3.63, 3.8) is 0 Å². The summed E-state index contributed by atoms with van der Waals surface area (Å²) in [6.45, 7) is 3.74. The van der Waals surface area contributed by atoms with Gasteiger partial charge in [0, 0.05) is 27.2 Å². The van der Waals surface area contributed by atoms with Crippen LogP contribution in [-0.2, 0) is 38.1 Å². The first-order valence-corrected chi connectivity index (χ1v) is 6.16. The van der Waals surface area contributed by atoms with Crippen LogP contribution >= 0.6 is 0 Å². The van der Waals surface area contributed by atoms with E-state index in [0.29, 0.717) is 0 Å². The molecular formula is C13H16O8. The lowest BCUT2D eigenvalue weighted by atomic mass is 9.96. The molecule has 116 valence electrons. The van der Waals surface area contributed by atoms with Crippen LogP contribution in [0.1, 0.15) is 27.2 Å². The van der Waals surface area contributed by atoms with Gasteiger partial charge in [-0.25, -0.2) is 0 Å². The molecule has 0 aromatic carbocycles. The van der Waals surface area contributed by atoms with Gasteiger partial charge in [-0.2, -0.15) is 0 Å². The van der Waals surface area contributed by atoms with Crippen LogP contribution in [0.15, 0.2) is 11.8 Å². The molecule has 0 saturated carbocycles. The minimum absolute atomic E-state index is 0.0219. The highest BCUT2D eigenvalue weighted by atomic mass is 16.6. The van der Waals surface area contributed by atoms with Crippen LogP contribution in [0.3, 0.4) is 0 Å². The molecule has 1 rings (SSSR count). The predicted octanol–water partition coefficient (Wildman–Crippen LogP) is 0.242. The fourth-order valence-corrected chi connectivity index (χ4v) is 1.97. The quantitative estimate of drug-likeness (QED) is 0.404. The Balaban J connectivity index is 3.06. The van der Waals surface area contributed by atoms with Crippen LogP contribution in [0, 0.1) is 0 Å². The van der Waals surface area contributed by atoms with Crippen LogP contribution in [-0.4, -0.2) is 42.7 Å². The summed E-state index contributed by atoms with van der Waals surface area (Å²) in [6.07, 6.45) is -1.58. The van der Waals surface area contributed by atoms with E-state index in [4.69, 9.17) is 18.9 Å². The normalized spacial score (nSPS) is 24.3. The van der Waals surface area contributed by atoms with Crippen molar-refractivity contribution >= 4 is 24.4 Å². The van der Waals surface area contributed by atoms with Gasteiger partial charge in [-0.3, -0.25) is 19.2 Å². The fraction of sp³-hybridized carbons (Fsp3) is 0.538. The first kappa shape index (κ1) is 16.7. The topological polar surface area (TPSA) is 105 Å². The molecule has 21 heavy (non-hydrogen) atoms. The maximum Gasteiger partial charge on any atom is 0.303 e. The van der Waals surface area contributed by atoms with Gasteiger partial charge in [0.2, 0.25) is 0 Å². The monoisotopic (exact) mass is 300 g/mol. The zero-order chi connectivity index (χ0) is 16.0. The second-order valence-corrected chi connectivity index (χ2v) is 4.35. The van der Waals surface area contributed by atoms with E-state index in [-0.39, 0.29) is 18.7 Å². The van der Waals surface area contributed by atoms with Crippen molar-refractivity contribution < 1.29 is 38.1 Å². The molecule has 0 aromatic rings. The number of hydrogen-bond acceptors (Lipinski definition) is 8. The van der Waals surface area contributed by atoms with E-state index in [2.05, 4.69) is 0 Å². The van der Waals surface area contributed by atoms with Gasteiger partial charge in [-0.1, -0.05) is 0 Å². The third kappa shape index (κ3) is 5.25. The zero-order valence-corrected chi connectivity index (χ0v) is 11.9. The van der Waals surface area contributed by atoms with E-state index in [1.54, 1.807) is 0 Å². The highest BCUT2D eigenvalue weighted by molar-refractivity contribution is 5.68. The molecule has 8 nitrogen and oxygen atoms in total. The summed E-state index contributed by atoms with van der Waals surface area (Å²) in [5.74, 6) is -1.69. The molecule has 0 aromatic heterocycles. The van der Waals surface area contributed by atoms with Crippen LogP contribution < -0.4 is 0 Å². The van der Waals surface area contributed by atoms with Gasteiger partial charge in [0.1, 0.15) is 11.9 Å². The standard InChI is InChI=1S/C13H16O8/c1-7(15)19-11-4-10(18-6-14)5-12(20-8(2)16)13(11)21-9(3)17/h4,6,11-13H,5H2,1-3H3. The Kier molecular flexibility index (Phi) is 5.89. The lowest BCUT2D eigenvalue weighted by Crippen LogP contribution is -2.47. The molecule has 0 spiro atoms. The molecule has 0 saturated heterocycles. The van der Waals surface area contributed by atoms with Crippen LogP contribution in [0.4, 0.5) is 0 Å². The Morgan fingerprint density at radius 1 is 1.05 bits per heavy atom. The lowest BCUT2D eigenvalue weighted by Gasteiger charge is -2.34. The number of hydrogen-bond donors (Lipinski definition) is 0. The first-order valence-electron chi connectivity index (χ1n) is 6.16. The Hall–Kier alpha value is -2.38. The van der Waals surface area contributed by atoms with Gasteiger partial charge in [0.15, 0.2) is 12.2 Å². The van der Waals surface area contributed by atoms with Crippen molar-refractivity contribution in [3.8, 4) is 0 Å². The molecule has 0 radical (unpaired) electrons. The largest absolute Gasteiger partial charge is 0.458 e. The average Bonchev–Trinajstić information content (AvgIpc) is 2.32. The minimum Gasteiger partial charge on any atom is -0.458 e. The van der Waals surface area contributed by atoms with Crippen molar-refractivity contribution in [2.45, 2.75) is 45.5 Å². The Morgan fingerprint density at radius 2 is 1.62 bits per heavy atom. The molecule has 3 unspecified atom stereocenters. The van der Waals surface area contributed by atoms with E-state index in [1.165, 1.54) is 26.8 Å². The van der Waals surface area contributed by atoms with Crippen molar-refractivity contribution in [2.24, 2.45) is 0 Å². The molecule has 0 amide bonds. The molecule has 0 fully saturated rings. The maximum atomic E-state index is 11.2. The second kappa shape index (κ2) is 7.41. The second-order valence-electron chi connectivity index (χ2n) is 4.35. The number of carbonyl (C=O) groups is 4. The first-order chi connectivity index (χ1) is 9.83. The molecule has 0 aliphatic heterocycles. The molecule has 0 bridgehead atoms. The van der Waals surface area contributed by atoms with Crippen molar-refractivity contribution in [1.82, 2.24) is 0 Å². The third-order valence-corrected chi connectivity index (χ3v) is 2.56. The highest BCUT2D eigenvalue weighted by Crippen LogP contribution is 2.27.